The van der Waals surface area contributed by atoms with Gasteiger partial charge in [-0.15, -0.1) is 0 Å². The molecule has 1 unspecified atom stereocenters. The van der Waals surface area contributed by atoms with Gasteiger partial charge < -0.3 is 4.74 Å². The Morgan fingerprint density at radius 2 is 1.88 bits per heavy atom. The predicted octanol–water partition coefficient (Wildman–Crippen LogP) is 4.92. The van der Waals surface area contributed by atoms with E-state index in [-0.39, 0.29) is 51.3 Å². The molecule has 4 aliphatic carbocycles. The maximum Gasteiger partial charge on any atom is 0.305 e. The number of allylic oxidation sites excluding steroid dienone is 1. The van der Waals surface area contributed by atoms with Crippen LogP contribution in [-0.2, 0) is 23.9 Å². The maximum atomic E-state index is 13.0. The van der Waals surface area contributed by atoms with Gasteiger partial charge in [-0.2, -0.15) is 0 Å². The molecule has 3 saturated carbocycles. The number of esters is 1. The molecule has 0 aromatic rings. The molecule has 176 valence electrons. The number of hydrogen-bond donors (Lipinski definition) is 0. The van der Waals surface area contributed by atoms with Crippen LogP contribution < -0.4 is 0 Å². The summed E-state index contributed by atoms with van der Waals surface area (Å²) in [5, 5.41) is -0.257. The molecular weight excluding hydrogens is 424 g/mol. The Morgan fingerprint density at radius 3 is 2.56 bits per heavy atom. The fraction of sp³-hybridized carbons (Fsp3) is 0.769. The summed E-state index contributed by atoms with van der Waals surface area (Å²) in [6, 6.07) is 0. The van der Waals surface area contributed by atoms with Gasteiger partial charge in [0.25, 0.3) is 0 Å². The Labute approximate surface area is 195 Å². The fourth-order valence-electron chi connectivity index (χ4n) is 7.78. The lowest BCUT2D eigenvalue weighted by Gasteiger charge is -2.58. The van der Waals surface area contributed by atoms with Gasteiger partial charge in [0.2, 0.25) is 0 Å². The maximum absolute atomic E-state index is 13.0. The molecule has 4 rings (SSSR count). The first-order valence-electron chi connectivity index (χ1n) is 12.2. The molecule has 0 N–H and O–H groups in total. The van der Waals surface area contributed by atoms with Crippen molar-refractivity contribution in [2.24, 2.45) is 34.5 Å². The standard InChI is InChI=1S/C26H36O5S/c1-5-24(30)31-14-22(29)20-9-8-18-17-7-6-16-12-21(28)23(32-15(2)27)13-26(16,4)19(17)10-11-25(18,20)3/h12,17-20,23H,5-11,13-14H2,1-4H3/t17-,18-,19-,20+,23?,25-,26-/m0/s1. The third-order valence-corrected chi connectivity index (χ3v) is 10.4. The summed E-state index contributed by atoms with van der Waals surface area (Å²) in [6.07, 6.45) is 8.91. The minimum absolute atomic E-state index is 0.00768. The third-order valence-electron chi connectivity index (χ3n) is 9.34. The molecule has 0 aliphatic heterocycles. The molecule has 0 aromatic carbocycles. The smallest absolute Gasteiger partial charge is 0.305 e. The molecule has 0 amide bonds. The zero-order valence-electron chi connectivity index (χ0n) is 19.8. The van der Waals surface area contributed by atoms with Gasteiger partial charge in [0.1, 0.15) is 6.61 Å². The molecule has 0 saturated heterocycles. The fourth-order valence-corrected chi connectivity index (χ4v) is 8.79. The van der Waals surface area contributed by atoms with Crippen LogP contribution in [0.2, 0.25) is 0 Å². The molecule has 5 nitrogen and oxygen atoms in total. The first-order chi connectivity index (χ1) is 15.1. The van der Waals surface area contributed by atoms with Gasteiger partial charge in [0.15, 0.2) is 16.7 Å². The number of ketones is 2. The van der Waals surface area contributed by atoms with E-state index in [9.17, 15) is 19.2 Å². The van der Waals surface area contributed by atoms with Gasteiger partial charge in [0, 0.05) is 19.3 Å². The summed E-state index contributed by atoms with van der Waals surface area (Å²) in [4.78, 5) is 48.9. The molecule has 0 aromatic heterocycles. The highest BCUT2D eigenvalue weighted by Gasteiger charge is 2.60. The first kappa shape index (κ1) is 23.7. The molecular formula is C26H36O5S. The number of hydrogen-bond acceptors (Lipinski definition) is 6. The SMILES string of the molecule is CCC(=O)OCC(=O)[C@H]1CC[C@H]2[C@@H]3CCC4=CC(=O)C(SC(C)=O)C[C@]4(C)[C@H]3CC[C@]12C. The lowest BCUT2D eigenvalue weighted by molar-refractivity contribution is -0.150. The lowest BCUT2D eigenvalue weighted by atomic mass is 9.46. The van der Waals surface area contributed by atoms with Gasteiger partial charge in [-0.05, 0) is 79.6 Å². The average Bonchev–Trinajstić information content (AvgIpc) is 3.09. The zero-order chi connectivity index (χ0) is 23.3. The minimum atomic E-state index is -0.314. The van der Waals surface area contributed by atoms with Crippen LogP contribution in [0.25, 0.3) is 0 Å². The quantitative estimate of drug-likeness (QED) is 0.542. The van der Waals surface area contributed by atoms with E-state index in [1.165, 1.54) is 17.3 Å². The van der Waals surface area contributed by atoms with Crippen LogP contribution in [0.3, 0.4) is 0 Å². The lowest BCUT2D eigenvalue weighted by Crippen LogP contribution is -2.52. The predicted molar refractivity (Wildman–Crippen MR) is 124 cm³/mol. The number of ether oxygens (including phenoxy) is 1. The van der Waals surface area contributed by atoms with Crippen molar-refractivity contribution in [3.8, 4) is 0 Å². The highest BCUT2D eigenvalue weighted by Crippen LogP contribution is 2.67. The van der Waals surface area contributed by atoms with E-state index in [0.29, 0.717) is 24.2 Å². The van der Waals surface area contributed by atoms with Crippen LogP contribution in [0, 0.1) is 34.5 Å². The monoisotopic (exact) mass is 460 g/mol. The molecule has 0 heterocycles. The molecule has 6 heteroatoms. The highest BCUT2D eigenvalue weighted by molar-refractivity contribution is 8.14. The minimum Gasteiger partial charge on any atom is -0.458 e. The second-order valence-corrected chi connectivity index (χ2v) is 12.2. The van der Waals surface area contributed by atoms with Crippen molar-refractivity contribution < 1.29 is 23.9 Å². The van der Waals surface area contributed by atoms with Crippen LogP contribution in [-0.4, -0.2) is 34.5 Å². The number of thioether (sulfide) groups is 1. The largest absolute Gasteiger partial charge is 0.458 e. The molecule has 0 radical (unpaired) electrons. The number of carbonyl (C=O) groups excluding carboxylic acids is 4. The van der Waals surface area contributed by atoms with Crippen molar-refractivity contribution in [1.29, 1.82) is 0 Å². The van der Waals surface area contributed by atoms with Crippen molar-refractivity contribution in [2.45, 2.75) is 84.3 Å². The van der Waals surface area contributed by atoms with Crippen molar-refractivity contribution >= 4 is 34.4 Å². The summed E-state index contributed by atoms with van der Waals surface area (Å²) in [5.41, 5.74) is 1.21. The van der Waals surface area contributed by atoms with E-state index in [1.54, 1.807) is 13.8 Å². The summed E-state index contributed by atoms with van der Waals surface area (Å²) in [6.45, 7) is 7.80. The molecule has 0 spiro atoms. The Morgan fingerprint density at radius 1 is 1.12 bits per heavy atom. The number of fused-ring (bicyclic) bond motifs is 5. The Bertz CT molecular complexity index is 862. The number of rotatable bonds is 5. The number of carbonyl (C=O) groups is 4. The van der Waals surface area contributed by atoms with E-state index in [2.05, 4.69) is 13.8 Å². The summed E-state index contributed by atoms with van der Waals surface area (Å²) in [5.74, 6) is 1.37. The third kappa shape index (κ3) is 3.91. The summed E-state index contributed by atoms with van der Waals surface area (Å²) < 4.78 is 5.18. The van der Waals surface area contributed by atoms with Gasteiger partial charge in [-0.3, -0.25) is 19.2 Å². The van der Waals surface area contributed by atoms with Gasteiger partial charge in [-0.1, -0.05) is 38.1 Å². The second kappa shape index (κ2) is 8.73. The van der Waals surface area contributed by atoms with Crippen LogP contribution >= 0.6 is 11.8 Å². The Hall–Kier alpha value is -1.43. The first-order valence-corrected chi connectivity index (χ1v) is 13.1. The van der Waals surface area contributed by atoms with Crippen molar-refractivity contribution in [1.82, 2.24) is 0 Å². The van der Waals surface area contributed by atoms with Crippen LogP contribution in [0.5, 0.6) is 0 Å². The van der Waals surface area contributed by atoms with E-state index >= 15 is 0 Å². The molecule has 3 fully saturated rings. The molecule has 4 aliphatic rings. The van der Waals surface area contributed by atoms with Gasteiger partial charge in [-0.25, -0.2) is 0 Å². The highest BCUT2D eigenvalue weighted by atomic mass is 32.2. The molecule has 0 bridgehead atoms. The van der Waals surface area contributed by atoms with Crippen LogP contribution in [0.15, 0.2) is 11.6 Å². The Balaban J connectivity index is 1.53. The van der Waals surface area contributed by atoms with Crippen LogP contribution in [0.4, 0.5) is 0 Å². The zero-order valence-corrected chi connectivity index (χ0v) is 20.6. The topological polar surface area (TPSA) is 77.5 Å². The van der Waals surface area contributed by atoms with Crippen LogP contribution in [0.1, 0.15) is 79.1 Å². The van der Waals surface area contributed by atoms with Crippen molar-refractivity contribution in [3.05, 3.63) is 11.6 Å². The van der Waals surface area contributed by atoms with E-state index in [4.69, 9.17) is 4.74 Å². The van der Waals surface area contributed by atoms with Crippen molar-refractivity contribution in [3.63, 3.8) is 0 Å². The van der Waals surface area contributed by atoms with Gasteiger partial charge >= 0.3 is 5.97 Å². The molecule has 7 atom stereocenters. The van der Waals surface area contributed by atoms with E-state index in [0.717, 1.165) is 44.9 Å². The molecule has 32 heavy (non-hydrogen) atoms. The Kier molecular flexibility index (Phi) is 6.47. The summed E-state index contributed by atoms with van der Waals surface area (Å²) in [7, 11) is 0. The second-order valence-electron chi connectivity index (χ2n) is 10.9. The average molecular weight is 461 g/mol. The summed E-state index contributed by atoms with van der Waals surface area (Å²) >= 11 is 1.19. The normalized spacial score (nSPS) is 40.6. The number of Topliss-reactive ketones (excluding diaryl/α,β-unsaturated/α-hetero) is 1. The van der Waals surface area contributed by atoms with E-state index < -0.39 is 0 Å². The van der Waals surface area contributed by atoms with Gasteiger partial charge in [0.05, 0.1) is 5.25 Å². The van der Waals surface area contributed by atoms with Crippen molar-refractivity contribution in [2.75, 3.05) is 6.61 Å². The van der Waals surface area contributed by atoms with E-state index in [1.807, 2.05) is 6.08 Å².